The van der Waals surface area contributed by atoms with E-state index in [0.29, 0.717) is 5.89 Å². The molecule has 3 rings (SSSR count). The SMILES string of the molecule is COc1ccc(-c2nc(CSc3ccccc3Br)co2)cc1. The maximum absolute atomic E-state index is 5.57. The van der Waals surface area contributed by atoms with Gasteiger partial charge in [-0.1, -0.05) is 12.1 Å². The number of nitrogens with zero attached hydrogens (tertiary/aromatic N) is 1. The molecule has 1 aromatic heterocycles. The topological polar surface area (TPSA) is 35.3 Å². The number of aromatic nitrogens is 1. The molecule has 3 nitrogen and oxygen atoms in total. The first kappa shape index (κ1) is 15.2. The molecule has 0 saturated carbocycles. The van der Waals surface area contributed by atoms with Gasteiger partial charge in [0, 0.05) is 20.7 Å². The zero-order valence-corrected chi connectivity index (χ0v) is 14.4. The fraction of sp³-hybridized carbons (Fsp3) is 0.118. The highest BCUT2D eigenvalue weighted by atomic mass is 79.9. The summed E-state index contributed by atoms with van der Waals surface area (Å²) in [4.78, 5) is 5.73. The maximum atomic E-state index is 5.57. The van der Waals surface area contributed by atoms with Crippen molar-refractivity contribution >= 4 is 27.7 Å². The van der Waals surface area contributed by atoms with Crippen LogP contribution >= 0.6 is 27.7 Å². The zero-order chi connectivity index (χ0) is 15.4. The van der Waals surface area contributed by atoms with Gasteiger partial charge in [0.05, 0.1) is 12.8 Å². The van der Waals surface area contributed by atoms with Crippen molar-refractivity contribution in [3.8, 4) is 17.2 Å². The number of thioether (sulfide) groups is 1. The molecule has 22 heavy (non-hydrogen) atoms. The number of oxazole rings is 1. The highest BCUT2D eigenvalue weighted by Crippen LogP contribution is 2.30. The molecule has 0 bridgehead atoms. The molecule has 0 aliphatic carbocycles. The number of hydrogen-bond acceptors (Lipinski definition) is 4. The van der Waals surface area contributed by atoms with Crippen LogP contribution in [0, 0.1) is 0 Å². The standard InChI is InChI=1S/C17H14BrNO2S/c1-20-14-8-6-12(7-9-14)17-19-13(10-21-17)11-22-16-5-3-2-4-15(16)18/h2-10H,11H2,1H3. The van der Waals surface area contributed by atoms with Gasteiger partial charge in [0.15, 0.2) is 0 Å². The lowest BCUT2D eigenvalue weighted by Crippen LogP contribution is -1.84. The van der Waals surface area contributed by atoms with E-state index in [1.54, 1.807) is 25.1 Å². The molecule has 0 unspecified atom stereocenters. The predicted octanol–water partition coefficient (Wildman–Crippen LogP) is 5.41. The minimum Gasteiger partial charge on any atom is -0.497 e. The normalized spacial score (nSPS) is 10.6. The molecular weight excluding hydrogens is 362 g/mol. The molecule has 0 aliphatic heterocycles. The second-order valence-corrected chi connectivity index (χ2v) is 6.46. The van der Waals surface area contributed by atoms with Gasteiger partial charge in [0.2, 0.25) is 5.89 Å². The molecule has 0 N–H and O–H groups in total. The first-order valence-electron chi connectivity index (χ1n) is 6.72. The van der Waals surface area contributed by atoms with Crippen molar-refractivity contribution in [2.75, 3.05) is 7.11 Å². The van der Waals surface area contributed by atoms with Gasteiger partial charge in [-0.15, -0.1) is 11.8 Å². The maximum Gasteiger partial charge on any atom is 0.226 e. The van der Waals surface area contributed by atoms with Crippen molar-refractivity contribution in [2.24, 2.45) is 0 Å². The van der Waals surface area contributed by atoms with Crippen LogP contribution in [0.15, 0.2) is 68.6 Å². The van der Waals surface area contributed by atoms with Gasteiger partial charge in [-0.3, -0.25) is 0 Å². The van der Waals surface area contributed by atoms with Crippen molar-refractivity contribution in [1.29, 1.82) is 0 Å². The molecule has 0 saturated heterocycles. The van der Waals surface area contributed by atoms with Gasteiger partial charge < -0.3 is 9.15 Å². The lowest BCUT2D eigenvalue weighted by Gasteiger charge is -2.01. The van der Waals surface area contributed by atoms with E-state index in [1.165, 1.54) is 4.90 Å². The number of rotatable bonds is 5. The Morgan fingerprint density at radius 2 is 1.91 bits per heavy atom. The van der Waals surface area contributed by atoms with E-state index in [2.05, 4.69) is 27.0 Å². The molecule has 0 radical (unpaired) electrons. The Labute approximate surface area is 141 Å². The summed E-state index contributed by atoms with van der Waals surface area (Å²) in [7, 11) is 1.65. The van der Waals surface area contributed by atoms with Gasteiger partial charge in [0.1, 0.15) is 12.0 Å². The monoisotopic (exact) mass is 375 g/mol. The second kappa shape index (κ2) is 7.03. The molecule has 0 aliphatic rings. The summed E-state index contributed by atoms with van der Waals surface area (Å²) in [6.07, 6.45) is 1.71. The van der Waals surface area contributed by atoms with Crippen molar-refractivity contribution in [1.82, 2.24) is 4.98 Å². The largest absolute Gasteiger partial charge is 0.497 e. The van der Waals surface area contributed by atoms with Gasteiger partial charge in [-0.05, 0) is 52.3 Å². The summed E-state index contributed by atoms with van der Waals surface area (Å²) in [5.74, 6) is 2.22. The number of halogens is 1. The minimum atomic E-state index is 0.630. The molecule has 112 valence electrons. The molecule has 0 spiro atoms. The average Bonchev–Trinajstić information content (AvgIpc) is 3.03. The third-order valence-electron chi connectivity index (χ3n) is 3.10. The summed E-state index contributed by atoms with van der Waals surface area (Å²) in [6, 6.07) is 15.8. The summed E-state index contributed by atoms with van der Waals surface area (Å²) in [6.45, 7) is 0. The smallest absolute Gasteiger partial charge is 0.226 e. The fourth-order valence-corrected chi connectivity index (χ4v) is 3.40. The van der Waals surface area contributed by atoms with Crippen LogP contribution in [-0.2, 0) is 5.75 Å². The predicted molar refractivity (Wildman–Crippen MR) is 92.2 cm³/mol. The van der Waals surface area contributed by atoms with E-state index in [9.17, 15) is 0 Å². The zero-order valence-electron chi connectivity index (χ0n) is 12.0. The van der Waals surface area contributed by atoms with Crippen molar-refractivity contribution in [2.45, 2.75) is 10.6 Å². The van der Waals surface area contributed by atoms with E-state index >= 15 is 0 Å². The van der Waals surface area contributed by atoms with Crippen LogP contribution in [0.25, 0.3) is 11.5 Å². The summed E-state index contributed by atoms with van der Waals surface area (Å²) < 4.78 is 11.8. The summed E-state index contributed by atoms with van der Waals surface area (Å²) in [5.41, 5.74) is 1.87. The first-order chi connectivity index (χ1) is 10.8. The lowest BCUT2D eigenvalue weighted by atomic mass is 10.2. The first-order valence-corrected chi connectivity index (χ1v) is 8.50. The number of ether oxygens (including phenoxy) is 1. The highest BCUT2D eigenvalue weighted by Gasteiger charge is 2.08. The third-order valence-corrected chi connectivity index (χ3v) is 5.16. The van der Waals surface area contributed by atoms with Crippen LogP contribution in [0.1, 0.15) is 5.69 Å². The highest BCUT2D eigenvalue weighted by molar-refractivity contribution is 9.10. The Hall–Kier alpha value is -1.72. The van der Waals surface area contributed by atoms with Crippen LogP contribution in [0.4, 0.5) is 0 Å². The van der Waals surface area contributed by atoms with E-state index in [4.69, 9.17) is 9.15 Å². The Kier molecular flexibility index (Phi) is 4.85. The van der Waals surface area contributed by atoms with Gasteiger partial charge in [0.25, 0.3) is 0 Å². The molecule has 2 aromatic carbocycles. The molecule has 5 heteroatoms. The minimum absolute atomic E-state index is 0.630. The van der Waals surface area contributed by atoms with E-state index in [0.717, 1.165) is 27.2 Å². The lowest BCUT2D eigenvalue weighted by molar-refractivity contribution is 0.415. The van der Waals surface area contributed by atoms with Gasteiger partial charge >= 0.3 is 0 Å². The Balaban J connectivity index is 1.69. The number of methoxy groups -OCH3 is 1. The van der Waals surface area contributed by atoms with Crippen molar-refractivity contribution in [3.63, 3.8) is 0 Å². The van der Waals surface area contributed by atoms with Crippen LogP contribution in [0.3, 0.4) is 0 Å². The van der Waals surface area contributed by atoms with E-state index in [1.807, 2.05) is 42.5 Å². The van der Waals surface area contributed by atoms with Gasteiger partial charge in [-0.2, -0.15) is 0 Å². The second-order valence-electron chi connectivity index (χ2n) is 4.59. The van der Waals surface area contributed by atoms with Crippen LogP contribution in [0.5, 0.6) is 5.75 Å². The molecule has 1 heterocycles. The van der Waals surface area contributed by atoms with Crippen LogP contribution < -0.4 is 4.74 Å². The average molecular weight is 376 g/mol. The summed E-state index contributed by atoms with van der Waals surface area (Å²) >= 11 is 5.27. The quantitative estimate of drug-likeness (QED) is 0.558. The Morgan fingerprint density at radius 3 is 2.64 bits per heavy atom. The van der Waals surface area contributed by atoms with E-state index < -0.39 is 0 Å². The molecule has 0 fully saturated rings. The molecular formula is C17H14BrNO2S. The number of hydrogen-bond donors (Lipinski definition) is 0. The number of benzene rings is 2. The molecule has 3 aromatic rings. The van der Waals surface area contributed by atoms with Crippen molar-refractivity contribution in [3.05, 3.63) is 65.0 Å². The Morgan fingerprint density at radius 1 is 1.14 bits per heavy atom. The third kappa shape index (κ3) is 3.54. The van der Waals surface area contributed by atoms with Crippen molar-refractivity contribution < 1.29 is 9.15 Å². The molecule has 0 amide bonds. The van der Waals surface area contributed by atoms with Gasteiger partial charge in [-0.25, -0.2) is 4.98 Å². The molecule has 0 atom stereocenters. The van der Waals surface area contributed by atoms with Crippen LogP contribution in [0.2, 0.25) is 0 Å². The summed E-state index contributed by atoms with van der Waals surface area (Å²) in [5, 5.41) is 0. The van der Waals surface area contributed by atoms with Crippen LogP contribution in [-0.4, -0.2) is 12.1 Å². The fourth-order valence-electron chi connectivity index (χ4n) is 1.95. The Bertz CT molecular complexity index is 755. The van der Waals surface area contributed by atoms with E-state index in [-0.39, 0.29) is 0 Å².